The fourth-order valence-electron chi connectivity index (χ4n) is 6.77. The Balaban J connectivity index is 1.36. The Labute approximate surface area is 267 Å². The van der Waals surface area contributed by atoms with Crippen molar-refractivity contribution in [3.63, 3.8) is 0 Å². The van der Waals surface area contributed by atoms with Crippen molar-refractivity contribution in [1.29, 1.82) is 0 Å². The Hall–Kier alpha value is -4.25. The Kier molecular flexibility index (Phi) is 9.39. The number of rotatable bonds is 10. The fraction of sp³-hybridized carbons (Fsp3) is 0.429. The molecule has 0 radical (unpaired) electrons. The van der Waals surface area contributed by atoms with Crippen molar-refractivity contribution in [1.82, 2.24) is 14.9 Å². The molecule has 1 atom stereocenters. The molecular formula is C35H40F3N5O3. The molecule has 2 amide bonds. The second-order valence-electron chi connectivity index (χ2n) is 12.2. The smallest absolute Gasteiger partial charge is 0.334 e. The summed E-state index contributed by atoms with van der Waals surface area (Å²) in [7, 11) is 2.49. The number of aromatic nitrogens is 2. The van der Waals surface area contributed by atoms with E-state index in [9.17, 15) is 9.18 Å². The van der Waals surface area contributed by atoms with Crippen molar-refractivity contribution in [3.05, 3.63) is 71.3 Å². The van der Waals surface area contributed by atoms with Gasteiger partial charge in [0, 0.05) is 41.9 Å². The number of H-pyrrole nitrogens is 1. The van der Waals surface area contributed by atoms with E-state index in [1.54, 1.807) is 12.3 Å². The van der Waals surface area contributed by atoms with Crippen molar-refractivity contribution in [2.45, 2.75) is 58.4 Å². The van der Waals surface area contributed by atoms with E-state index in [2.05, 4.69) is 21.8 Å². The van der Waals surface area contributed by atoms with Crippen LogP contribution in [0.4, 0.5) is 35.0 Å². The third kappa shape index (κ3) is 6.12. The van der Waals surface area contributed by atoms with E-state index in [4.69, 9.17) is 9.47 Å². The van der Waals surface area contributed by atoms with Gasteiger partial charge in [0.1, 0.15) is 17.2 Å². The average Bonchev–Trinajstić information content (AvgIpc) is 3.34. The van der Waals surface area contributed by atoms with Gasteiger partial charge in [-0.2, -0.15) is 0 Å². The second kappa shape index (κ2) is 13.6. The third-order valence-electron chi connectivity index (χ3n) is 9.23. The molecule has 1 fully saturated rings. The SMILES string of the molecule is CCCCC1CCCN(CCc2cc3c4c(cnc3[nH]2)CN(c2c(F)c(OC)cc(OC)c2F)C(=O)N4c2cccc(F)c2)CC1. The highest BCUT2D eigenvalue weighted by molar-refractivity contribution is 6.15. The first-order chi connectivity index (χ1) is 22.3. The van der Waals surface area contributed by atoms with Crippen molar-refractivity contribution < 1.29 is 27.4 Å². The van der Waals surface area contributed by atoms with Crippen LogP contribution in [-0.2, 0) is 13.0 Å². The van der Waals surface area contributed by atoms with Gasteiger partial charge in [-0.15, -0.1) is 0 Å². The Morgan fingerprint density at radius 3 is 2.50 bits per heavy atom. The summed E-state index contributed by atoms with van der Waals surface area (Å²) in [5.41, 5.74) is 2.15. The van der Waals surface area contributed by atoms with Crippen molar-refractivity contribution in [3.8, 4) is 11.5 Å². The molecule has 2 aliphatic heterocycles. The molecule has 244 valence electrons. The zero-order valence-electron chi connectivity index (χ0n) is 26.5. The summed E-state index contributed by atoms with van der Waals surface area (Å²) in [5, 5.41) is 0.671. The summed E-state index contributed by atoms with van der Waals surface area (Å²) in [6.45, 7) is 5.13. The summed E-state index contributed by atoms with van der Waals surface area (Å²) in [5.74, 6) is -2.43. The molecule has 8 nitrogen and oxygen atoms in total. The van der Waals surface area contributed by atoms with Gasteiger partial charge in [0.05, 0.1) is 32.1 Å². The van der Waals surface area contributed by atoms with Gasteiger partial charge in [0.2, 0.25) is 0 Å². The van der Waals surface area contributed by atoms with Crippen LogP contribution in [0.3, 0.4) is 0 Å². The minimum atomic E-state index is -1.06. The second-order valence-corrected chi connectivity index (χ2v) is 12.2. The number of carbonyl (C=O) groups excluding carboxylic acids is 1. The molecule has 0 spiro atoms. The molecule has 46 heavy (non-hydrogen) atoms. The minimum Gasteiger partial charge on any atom is -0.493 e. The number of benzene rings is 2. The molecule has 0 bridgehead atoms. The van der Waals surface area contributed by atoms with E-state index >= 15 is 8.78 Å². The van der Waals surface area contributed by atoms with Gasteiger partial charge in [0.25, 0.3) is 0 Å². The van der Waals surface area contributed by atoms with E-state index in [0.29, 0.717) is 22.3 Å². The number of urea groups is 1. The number of methoxy groups -OCH3 is 2. The number of amides is 2. The topological polar surface area (TPSA) is 73.9 Å². The highest BCUT2D eigenvalue weighted by Gasteiger charge is 2.39. The Bertz CT molecular complexity index is 1700. The van der Waals surface area contributed by atoms with Crippen LogP contribution in [0.2, 0.25) is 0 Å². The number of hydrogen-bond acceptors (Lipinski definition) is 5. The van der Waals surface area contributed by atoms with E-state index < -0.39 is 29.2 Å². The number of hydrogen-bond donors (Lipinski definition) is 1. The minimum absolute atomic E-state index is 0.180. The van der Waals surface area contributed by atoms with Crippen LogP contribution in [-0.4, -0.2) is 54.8 Å². The predicted octanol–water partition coefficient (Wildman–Crippen LogP) is 8.11. The number of anilines is 3. The molecule has 0 aliphatic carbocycles. The van der Waals surface area contributed by atoms with Gasteiger partial charge in [-0.05, 0) is 62.5 Å². The molecule has 2 aromatic carbocycles. The maximum atomic E-state index is 15.7. The number of nitrogens with zero attached hydrogens (tertiary/aromatic N) is 4. The van der Waals surface area contributed by atoms with Crippen LogP contribution in [0.25, 0.3) is 11.0 Å². The molecule has 4 aromatic rings. The predicted molar refractivity (Wildman–Crippen MR) is 173 cm³/mol. The summed E-state index contributed by atoms with van der Waals surface area (Å²) in [6.07, 6.45) is 9.92. The molecule has 2 aromatic heterocycles. The maximum Gasteiger partial charge on any atom is 0.334 e. The van der Waals surface area contributed by atoms with Gasteiger partial charge < -0.3 is 19.4 Å². The lowest BCUT2D eigenvalue weighted by Gasteiger charge is -2.37. The zero-order valence-corrected chi connectivity index (χ0v) is 26.5. The van der Waals surface area contributed by atoms with Crippen LogP contribution >= 0.6 is 0 Å². The summed E-state index contributed by atoms with van der Waals surface area (Å²) < 4.78 is 56.1. The normalized spacial score (nSPS) is 17.3. The zero-order chi connectivity index (χ0) is 32.4. The number of ether oxygens (including phenoxy) is 2. The van der Waals surface area contributed by atoms with Gasteiger partial charge in [-0.3, -0.25) is 9.80 Å². The number of likely N-dealkylation sites (tertiary alicyclic amines) is 1. The lowest BCUT2D eigenvalue weighted by atomic mass is 9.95. The van der Waals surface area contributed by atoms with Crippen molar-refractivity contribution in [2.75, 3.05) is 43.7 Å². The van der Waals surface area contributed by atoms with Gasteiger partial charge in [-0.25, -0.2) is 22.9 Å². The summed E-state index contributed by atoms with van der Waals surface area (Å²) in [6, 6.07) is 7.87. The number of halogens is 3. The van der Waals surface area contributed by atoms with Crippen LogP contribution in [0, 0.1) is 23.4 Å². The van der Waals surface area contributed by atoms with E-state index in [1.165, 1.54) is 75.8 Å². The Morgan fingerprint density at radius 1 is 1.00 bits per heavy atom. The lowest BCUT2D eigenvalue weighted by molar-refractivity contribution is 0.251. The number of unbranched alkanes of at least 4 members (excludes halogenated alkanes) is 1. The van der Waals surface area contributed by atoms with Crippen LogP contribution in [0.1, 0.15) is 56.7 Å². The first-order valence-corrected chi connectivity index (χ1v) is 16.0. The highest BCUT2D eigenvalue weighted by atomic mass is 19.1. The summed E-state index contributed by atoms with van der Waals surface area (Å²) in [4.78, 5) is 27.1. The monoisotopic (exact) mass is 635 g/mol. The standard InChI is InChI=1S/C35H40F3N5O3/c1-4-5-8-22-9-7-14-41(15-12-22)16-13-25-18-27-32-23(20-39-34(27)40-25)21-42(35(44)43(32)26-11-6-10-24(36)17-26)33-30(37)28(45-2)19-29(46-3)31(33)38/h6,10-11,17-20,22H,4-5,7-9,12-16,21H2,1-3H3,(H,39,40). The average molecular weight is 636 g/mol. The lowest BCUT2D eigenvalue weighted by Crippen LogP contribution is -2.46. The molecule has 11 heteroatoms. The number of carbonyl (C=O) groups is 1. The molecule has 1 unspecified atom stereocenters. The Morgan fingerprint density at radius 2 is 1.78 bits per heavy atom. The number of aromatic amines is 1. The fourth-order valence-corrected chi connectivity index (χ4v) is 6.77. The first-order valence-electron chi connectivity index (χ1n) is 16.0. The molecule has 4 heterocycles. The first kappa shape index (κ1) is 31.7. The number of pyridine rings is 1. The van der Waals surface area contributed by atoms with Crippen molar-refractivity contribution >= 4 is 34.1 Å². The molecule has 2 aliphatic rings. The molecule has 0 saturated carbocycles. The van der Waals surface area contributed by atoms with E-state index in [0.717, 1.165) is 48.6 Å². The third-order valence-corrected chi connectivity index (χ3v) is 9.23. The number of nitrogens with one attached hydrogen (secondary N) is 1. The van der Waals surface area contributed by atoms with Gasteiger partial charge in [-0.1, -0.05) is 32.3 Å². The van der Waals surface area contributed by atoms with E-state index in [-0.39, 0.29) is 23.7 Å². The highest BCUT2D eigenvalue weighted by Crippen LogP contribution is 2.45. The summed E-state index contributed by atoms with van der Waals surface area (Å²) >= 11 is 0. The van der Waals surface area contributed by atoms with E-state index in [1.807, 2.05) is 6.07 Å². The van der Waals surface area contributed by atoms with Crippen LogP contribution in [0.15, 0.2) is 42.6 Å². The van der Waals surface area contributed by atoms with Crippen LogP contribution in [0.5, 0.6) is 11.5 Å². The molecule has 6 rings (SSSR count). The van der Waals surface area contributed by atoms with Crippen LogP contribution < -0.4 is 19.3 Å². The van der Waals surface area contributed by atoms with Gasteiger partial charge >= 0.3 is 6.03 Å². The number of fused-ring (bicyclic) bond motifs is 3. The molecule has 1 saturated heterocycles. The largest absolute Gasteiger partial charge is 0.493 e. The molecular weight excluding hydrogens is 595 g/mol. The molecule has 1 N–H and O–H groups in total. The maximum absolute atomic E-state index is 15.7. The quantitative estimate of drug-likeness (QED) is 0.191. The van der Waals surface area contributed by atoms with Crippen molar-refractivity contribution in [2.24, 2.45) is 5.92 Å². The van der Waals surface area contributed by atoms with Gasteiger partial charge in [0.15, 0.2) is 23.1 Å².